The summed E-state index contributed by atoms with van der Waals surface area (Å²) in [6, 6.07) is 0. The smallest absolute Gasteiger partial charge is 0.473 e. The van der Waals surface area contributed by atoms with E-state index in [0.717, 1.165) is 24.0 Å². The summed E-state index contributed by atoms with van der Waals surface area (Å²) in [5.41, 5.74) is 0.229. The average Bonchev–Trinajstić information content (AvgIpc) is 3.05. The van der Waals surface area contributed by atoms with E-state index < -0.39 is 23.9 Å². The number of carbonyl (C=O) groups excluding carboxylic acids is 1. The fourth-order valence-corrected chi connectivity index (χ4v) is 3.57. The van der Waals surface area contributed by atoms with Gasteiger partial charge in [0.2, 0.25) is 5.88 Å². The number of hydrogen-bond donors (Lipinski definition) is 0. The molecule has 9 heteroatoms. The van der Waals surface area contributed by atoms with E-state index in [0.29, 0.717) is 19.0 Å². The number of amides is 1. The zero-order chi connectivity index (χ0) is 24.5. The quantitative estimate of drug-likeness (QED) is 0.562. The predicted molar refractivity (Wildman–Crippen MR) is 126 cm³/mol. The van der Waals surface area contributed by atoms with Crippen molar-refractivity contribution in [1.29, 1.82) is 0 Å². The van der Waals surface area contributed by atoms with Crippen molar-refractivity contribution >= 4 is 18.7 Å². The van der Waals surface area contributed by atoms with E-state index in [1.807, 2.05) is 69.4 Å². The van der Waals surface area contributed by atoms with Crippen molar-refractivity contribution in [3.63, 3.8) is 0 Å². The van der Waals surface area contributed by atoms with E-state index in [-0.39, 0.29) is 12.2 Å². The molecular weight excluding hydrogens is 409 g/mol. The summed E-state index contributed by atoms with van der Waals surface area (Å²) >= 11 is 0. The molecule has 1 saturated heterocycles. The molecule has 0 saturated carbocycles. The molecule has 0 aliphatic carbocycles. The molecule has 1 aliphatic rings. The number of aryl methyl sites for hydroxylation is 2. The van der Waals surface area contributed by atoms with E-state index >= 15 is 0 Å². The zero-order valence-electron chi connectivity index (χ0n) is 21.9. The van der Waals surface area contributed by atoms with Crippen LogP contribution in [-0.2, 0) is 27.5 Å². The van der Waals surface area contributed by atoms with Crippen LogP contribution < -0.4 is 10.2 Å². The molecule has 1 unspecified atom stereocenters. The van der Waals surface area contributed by atoms with Gasteiger partial charge in [-0.2, -0.15) is 5.10 Å². The van der Waals surface area contributed by atoms with Gasteiger partial charge in [-0.15, -0.1) is 0 Å². The number of carbonyl (C=O) groups is 1. The van der Waals surface area contributed by atoms with Gasteiger partial charge in [-0.3, -0.25) is 0 Å². The van der Waals surface area contributed by atoms with Crippen LogP contribution in [0.15, 0.2) is 0 Å². The molecule has 1 aliphatic heterocycles. The molecule has 1 aromatic heterocycles. The van der Waals surface area contributed by atoms with Crippen LogP contribution in [0, 0.1) is 0 Å². The van der Waals surface area contributed by atoms with Crippen LogP contribution in [0.5, 0.6) is 5.88 Å². The largest absolute Gasteiger partial charge is 0.502 e. The Bertz CT molecular complexity index is 784. The Morgan fingerprint density at radius 1 is 1.19 bits per heavy atom. The van der Waals surface area contributed by atoms with Crippen molar-refractivity contribution in [1.82, 2.24) is 14.7 Å². The van der Waals surface area contributed by atoms with Crippen LogP contribution in [0.1, 0.15) is 81.4 Å². The Kier molecular flexibility index (Phi) is 7.98. The summed E-state index contributed by atoms with van der Waals surface area (Å²) in [6.07, 6.45) is 0.942. The van der Waals surface area contributed by atoms with Gasteiger partial charge in [0, 0.05) is 13.6 Å². The van der Waals surface area contributed by atoms with Gasteiger partial charge in [-0.05, 0) is 68.2 Å². The predicted octanol–water partition coefficient (Wildman–Crippen LogP) is 3.70. The first-order valence-corrected chi connectivity index (χ1v) is 11.7. The summed E-state index contributed by atoms with van der Waals surface area (Å²) in [7, 11) is 1.29. The molecule has 0 N–H and O–H groups in total. The number of aromatic nitrogens is 2. The second-order valence-corrected chi connectivity index (χ2v) is 10.6. The van der Waals surface area contributed by atoms with Crippen LogP contribution in [0.25, 0.3) is 0 Å². The summed E-state index contributed by atoms with van der Waals surface area (Å²) < 4.78 is 26.3. The minimum Gasteiger partial charge on any atom is -0.473 e. The topological polar surface area (TPSA) is 75.1 Å². The lowest BCUT2D eigenvalue weighted by Crippen LogP contribution is -2.43. The lowest BCUT2D eigenvalue weighted by Gasteiger charge is -2.32. The molecule has 0 spiro atoms. The Morgan fingerprint density at radius 2 is 1.75 bits per heavy atom. The van der Waals surface area contributed by atoms with Crippen LogP contribution in [0.3, 0.4) is 0 Å². The van der Waals surface area contributed by atoms with Crippen molar-refractivity contribution in [2.45, 2.75) is 105 Å². The highest BCUT2D eigenvalue weighted by molar-refractivity contribution is 6.63. The van der Waals surface area contributed by atoms with E-state index in [1.165, 1.54) is 0 Å². The van der Waals surface area contributed by atoms with Crippen LogP contribution in [0.4, 0.5) is 4.79 Å². The lowest BCUT2D eigenvalue weighted by molar-refractivity contribution is 0.00578. The zero-order valence-corrected chi connectivity index (χ0v) is 21.9. The fourth-order valence-electron chi connectivity index (χ4n) is 3.57. The lowest BCUT2D eigenvalue weighted by atomic mass is 9.78. The molecule has 8 nitrogen and oxygen atoms in total. The van der Waals surface area contributed by atoms with Crippen LogP contribution in [-0.4, -0.2) is 63.9 Å². The summed E-state index contributed by atoms with van der Waals surface area (Å²) in [5, 5.41) is 4.65. The number of rotatable bonds is 8. The fraction of sp³-hybridized carbons (Fsp3) is 0.826. The van der Waals surface area contributed by atoms with Gasteiger partial charge in [-0.1, -0.05) is 13.8 Å². The third-order valence-corrected chi connectivity index (χ3v) is 5.87. The molecule has 182 valence electrons. The van der Waals surface area contributed by atoms with Crippen molar-refractivity contribution < 1.29 is 23.6 Å². The third kappa shape index (κ3) is 5.98. The summed E-state index contributed by atoms with van der Waals surface area (Å²) in [4.78, 5) is 14.4. The molecule has 0 radical (unpaired) electrons. The highest BCUT2D eigenvalue weighted by Gasteiger charge is 2.54. The number of nitrogens with zero attached hydrogens (tertiary/aromatic N) is 3. The maximum absolute atomic E-state index is 12.7. The van der Waals surface area contributed by atoms with Gasteiger partial charge < -0.3 is 23.7 Å². The normalized spacial score (nSPS) is 18.5. The minimum absolute atomic E-state index is 0.282. The minimum atomic E-state index is -0.566. The maximum Gasteiger partial charge on any atom is 0.502 e. The first-order chi connectivity index (χ1) is 14.6. The Morgan fingerprint density at radius 3 is 2.22 bits per heavy atom. The molecule has 0 aromatic carbocycles. The van der Waals surface area contributed by atoms with Crippen molar-refractivity contribution in [3.05, 3.63) is 5.69 Å². The van der Waals surface area contributed by atoms with Gasteiger partial charge >= 0.3 is 13.2 Å². The van der Waals surface area contributed by atoms with Crippen molar-refractivity contribution in [3.8, 4) is 5.88 Å². The third-order valence-electron chi connectivity index (χ3n) is 5.87. The Labute approximate surface area is 194 Å². The second kappa shape index (κ2) is 9.63. The SMILES string of the molecule is CCCN(CC(C)Oc1c(B2OC(C)(C)C(C)(C)O2)c(CC)nn1C)C(=O)OC(C)(C)C. The van der Waals surface area contributed by atoms with Crippen molar-refractivity contribution in [2.24, 2.45) is 7.05 Å². The standard InChI is InChI=1S/C23H42BN3O5/c1-12-14-27(20(28)30-21(4,5)6)15-16(3)29-19-18(17(13-2)25-26(19)11)24-31-22(7,8)23(9,10)32-24/h16H,12-15H2,1-11H3. The van der Waals surface area contributed by atoms with Crippen molar-refractivity contribution in [2.75, 3.05) is 13.1 Å². The highest BCUT2D eigenvalue weighted by Crippen LogP contribution is 2.37. The van der Waals surface area contributed by atoms with Gasteiger partial charge in [0.1, 0.15) is 11.7 Å². The molecule has 2 heterocycles. The number of hydrogen-bond acceptors (Lipinski definition) is 6. The van der Waals surface area contributed by atoms with Gasteiger partial charge in [-0.25, -0.2) is 9.48 Å². The molecule has 32 heavy (non-hydrogen) atoms. The van der Waals surface area contributed by atoms with E-state index in [2.05, 4.69) is 12.0 Å². The number of ether oxygens (including phenoxy) is 2. The highest BCUT2D eigenvalue weighted by atomic mass is 16.7. The summed E-state index contributed by atoms with van der Waals surface area (Å²) in [5.74, 6) is 0.605. The Balaban J connectivity index is 2.25. The molecule has 1 atom stereocenters. The second-order valence-electron chi connectivity index (χ2n) is 10.6. The van der Waals surface area contributed by atoms with Crippen LogP contribution >= 0.6 is 0 Å². The van der Waals surface area contributed by atoms with E-state index in [9.17, 15) is 4.79 Å². The average molecular weight is 451 g/mol. The summed E-state index contributed by atoms with van der Waals surface area (Å²) in [6.45, 7) is 20.8. The Hall–Kier alpha value is -1.74. The maximum atomic E-state index is 12.7. The molecule has 1 fully saturated rings. The molecule has 0 bridgehead atoms. The van der Waals surface area contributed by atoms with Gasteiger partial charge in [0.05, 0.1) is 28.9 Å². The molecule has 1 amide bonds. The molecule has 1 aromatic rings. The first kappa shape index (κ1) is 26.5. The monoisotopic (exact) mass is 451 g/mol. The van der Waals surface area contributed by atoms with Gasteiger partial charge in [0.15, 0.2) is 0 Å². The van der Waals surface area contributed by atoms with E-state index in [1.54, 1.807) is 9.58 Å². The van der Waals surface area contributed by atoms with Crippen LogP contribution in [0.2, 0.25) is 0 Å². The first-order valence-electron chi connectivity index (χ1n) is 11.7. The molecular formula is C23H42BN3O5. The van der Waals surface area contributed by atoms with E-state index in [4.69, 9.17) is 18.8 Å². The van der Waals surface area contributed by atoms with Gasteiger partial charge in [0.25, 0.3) is 0 Å². The molecule has 2 rings (SSSR count).